The topological polar surface area (TPSA) is 87.3 Å². The highest BCUT2D eigenvalue weighted by molar-refractivity contribution is 7.80. The Kier molecular flexibility index (Phi) is 7.97. The Bertz CT molecular complexity index is 817. The van der Waals surface area contributed by atoms with Gasteiger partial charge in [0.05, 0.1) is 25.5 Å². The minimum absolute atomic E-state index is 0.0688. The largest absolute Gasteiger partial charge is 0.493 e. The Hall–Kier alpha value is -2.71. The molecule has 0 heterocycles. The zero-order chi connectivity index (χ0) is 19.6. The summed E-state index contributed by atoms with van der Waals surface area (Å²) < 4.78 is 22.0. The van der Waals surface area contributed by atoms with Crippen molar-refractivity contribution in [3.05, 3.63) is 47.0 Å². The van der Waals surface area contributed by atoms with Crippen LogP contribution >= 0.6 is 23.8 Å². The summed E-state index contributed by atoms with van der Waals surface area (Å²) >= 11 is 11.0. The molecule has 0 unspecified atom stereocenters. The molecular weight excluding hydrogens is 390 g/mol. The number of benzene rings is 2. The number of hydrazone groups is 1. The van der Waals surface area contributed by atoms with Crippen molar-refractivity contribution >= 4 is 35.1 Å². The molecule has 2 aromatic rings. The fourth-order valence-corrected chi connectivity index (χ4v) is 2.48. The number of ether oxygens (including phenoxy) is 4. The van der Waals surface area contributed by atoms with Crippen molar-refractivity contribution in [2.75, 3.05) is 27.4 Å². The van der Waals surface area contributed by atoms with Gasteiger partial charge in [0.25, 0.3) is 0 Å². The smallest absolute Gasteiger partial charge is 0.184 e. The lowest BCUT2D eigenvalue weighted by Crippen LogP contribution is -2.23. The van der Waals surface area contributed by atoms with E-state index in [1.165, 1.54) is 13.3 Å². The number of hydrogen-bond donors (Lipinski definition) is 2. The molecule has 0 saturated heterocycles. The van der Waals surface area contributed by atoms with Crippen LogP contribution in [0.3, 0.4) is 0 Å². The van der Waals surface area contributed by atoms with Gasteiger partial charge in [-0.05, 0) is 42.0 Å². The molecule has 144 valence electrons. The van der Waals surface area contributed by atoms with E-state index in [1.807, 2.05) is 24.3 Å². The number of para-hydroxylation sites is 2. The van der Waals surface area contributed by atoms with E-state index in [0.717, 1.165) is 0 Å². The van der Waals surface area contributed by atoms with Gasteiger partial charge in [0, 0.05) is 0 Å². The zero-order valence-electron chi connectivity index (χ0n) is 14.9. The lowest BCUT2D eigenvalue weighted by Gasteiger charge is -2.14. The molecule has 7 nitrogen and oxygen atoms in total. The van der Waals surface area contributed by atoms with E-state index in [4.69, 9.17) is 36.3 Å². The number of nitrogens with one attached hydrogen (secondary N) is 1. The summed E-state index contributed by atoms with van der Waals surface area (Å²) in [5.41, 5.74) is 8.47. The number of nitrogens with zero attached hydrogens (tertiary/aromatic N) is 1. The molecule has 0 aliphatic rings. The molecule has 0 radical (unpaired) electrons. The van der Waals surface area contributed by atoms with E-state index >= 15 is 0 Å². The monoisotopic (exact) mass is 409 g/mol. The maximum absolute atomic E-state index is 6.30. The van der Waals surface area contributed by atoms with Gasteiger partial charge in [-0.1, -0.05) is 23.7 Å². The molecule has 9 heteroatoms. The van der Waals surface area contributed by atoms with Crippen molar-refractivity contribution in [1.82, 2.24) is 5.43 Å². The zero-order valence-corrected chi connectivity index (χ0v) is 16.5. The Balaban J connectivity index is 1.99. The second-order valence-electron chi connectivity index (χ2n) is 5.12. The van der Waals surface area contributed by atoms with Gasteiger partial charge >= 0.3 is 0 Å². The normalized spacial score (nSPS) is 10.5. The molecule has 0 aliphatic heterocycles. The lowest BCUT2D eigenvalue weighted by molar-refractivity contribution is 0.206. The van der Waals surface area contributed by atoms with E-state index in [0.29, 0.717) is 40.2 Å². The molecular formula is C18H20ClN3O4S. The average molecular weight is 410 g/mol. The van der Waals surface area contributed by atoms with Crippen molar-refractivity contribution in [1.29, 1.82) is 0 Å². The number of nitrogens with two attached hydrogens (primary N) is 1. The maximum Gasteiger partial charge on any atom is 0.184 e. The standard InChI is InChI=1S/C18H20ClN3O4S/c1-23-14-5-3-4-6-15(14)25-7-8-26-17-13(19)9-12(10-16(17)24-2)11-21-22-18(20)27/h3-6,9-11H,7-8H2,1-2H3,(H3,20,22,27). The van der Waals surface area contributed by atoms with Gasteiger partial charge in [-0.3, -0.25) is 5.43 Å². The summed E-state index contributed by atoms with van der Waals surface area (Å²) in [4.78, 5) is 0. The number of thiocarbonyl (C=S) groups is 1. The Morgan fingerprint density at radius 3 is 2.44 bits per heavy atom. The average Bonchev–Trinajstić information content (AvgIpc) is 2.66. The van der Waals surface area contributed by atoms with Crippen LogP contribution in [0.2, 0.25) is 5.02 Å². The summed E-state index contributed by atoms with van der Waals surface area (Å²) in [6, 6.07) is 10.8. The third-order valence-corrected chi connectivity index (χ3v) is 3.67. The van der Waals surface area contributed by atoms with E-state index in [2.05, 4.69) is 22.7 Å². The van der Waals surface area contributed by atoms with Gasteiger partial charge in [0.15, 0.2) is 28.1 Å². The molecule has 0 aromatic heterocycles. The molecule has 0 spiro atoms. The third kappa shape index (κ3) is 6.19. The Labute approximate surface area is 168 Å². The summed E-state index contributed by atoms with van der Waals surface area (Å²) in [7, 11) is 3.11. The van der Waals surface area contributed by atoms with Gasteiger partial charge in [0.2, 0.25) is 0 Å². The van der Waals surface area contributed by atoms with E-state index < -0.39 is 0 Å². The fraction of sp³-hybridized carbons (Fsp3) is 0.222. The van der Waals surface area contributed by atoms with Gasteiger partial charge in [-0.25, -0.2) is 0 Å². The number of hydrogen-bond acceptors (Lipinski definition) is 6. The van der Waals surface area contributed by atoms with Crippen molar-refractivity contribution in [3.63, 3.8) is 0 Å². The minimum Gasteiger partial charge on any atom is -0.493 e. The molecule has 0 fully saturated rings. The first-order valence-corrected chi connectivity index (χ1v) is 8.68. The minimum atomic E-state index is 0.0688. The van der Waals surface area contributed by atoms with Gasteiger partial charge in [-0.15, -0.1) is 0 Å². The molecule has 2 aromatic carbocycles. The fourth-order valence-electron chi connectivity index (χ4n) is 2.16. The van der Waals surface area contributed by atoms with Crippen molar-refractivity contribution in [2.45, 2.75) is 0 Å². The van der Waals surface area contributed by atoms with Crippen LogP contribution in [0.15, 0.2) is 41.5 Å². The summed E-state index contributed by atoms with van der Waals surface area (Å²) in [6.45, 7) is 0.575. The predicted octanol–water partition coefficient (Wildman–Crippen LogP) is 2.98. The Morgan fingerprint density at radius 2 is 1.78 bits per heavy atom. The van der Waals surface area contributed by atoms with Crippen LogP contribution < -0.4 is 30.1 Å². The van der Waals surface area contributed by atoms with Crippen LogP contribution in [0, 0.1) is 0 Å². The van der Waals surface area contributed by atoms with Crippen LogP contribution in [0.25, 0.3) is 0 Å². The first-order valence-electron chi connectivity index (χ1n) is 7.89. The Morgan fingerprint density at radius 1 is 1.11 bits per heavy atom. The molecule has 0 atom stereocenters. The van der Waals surface area contributed by atoms with Gasteiger partial charge in [-0.2, -0.15) is 5.10 Å². The predicted molar refractivity (Wildman–Crippen MR) is 110 cm³/mol. The summed E-state index contributed by atoms with van der Waals surface area (Å²) in [5.74, 6) is 2.18. The van der Waals surface area contributed by atoms with Crippen molar-refractivity contribution in [2.24, 2.45) is 10.8 Å². The second kappa shape index (κ2) is 10.4. The first kappa shape index (κ1) is 20.6. The number of halogens is 1. The molecule has 27 heavy (non-hydrogen) atoms. The van der Waals surface area contributed by atoms with Crippen LogP contribution in [-0.2, 0) is 0 Å². The summed E-state index contributed by atoms with van der Waals surface area (Å²) in [5, 5.41) is 4.33. The van der Waals surface area contributed by atoms with Crippen molar-refractivity contribution < 1.29 is 18.9 Å². The van der Waals surface area contributed by atoms with Gasteiger partial charge in [0.1, 0.15) is 13.2 Å². The molecule has 0 aliphatic carbocycles. The van der Waals surface area contributed by atoms with Crippen LogP contribution in [-0.4, -0.2) is 38.8 Å². The summed E-state index contributed by atoms with van der Waals surface area (Å²) in [6.07, 6.45) is 1.52. The first-order chi connectivity index (χ1) is 13.0. The SMILES string of the molecule is COc1ccccc1OCCOc1c(Cl)cc(C=NNC(N)=S)cc1OC. The highest BCUT2D eigenvalue weighted by Crippen LogP contribution is 2.36. The van der Waals surface area contributed by atoms with Gasteiger partial charge < -0.3 is 24.7 Å². The number of rotatable bonds is 9. The van der Waals surface area contributed by atoms with E-state index in [1.54, 1.807) is 19.2 Å². The lowest BCUT2D eigenvalue weighted by atomic mass is 10.2. The van der Waals surface area contributed by atoms with E-state index in [9.17, 15) is 0 Å². The second-order valence-corrected chi connectivity index (χ2v) is 5.96. The van der Waals surface area contributed by atoms with Crippen LogP contribution in [0.5, 0.6) is 23.0 Å². The van der Waals surface area contributed by atoms with Crippen molar-refractivity contribution in [3.8, 4) is 23.0 Å². The quantitative estimate of drug-likeness (QED) is 0.285. The third-order valence-electron chi connectivity index (χ3n) is 3.30. The molecule has 0 amide bonds. The maximum atomic E-state index is 6.30. The molecule has 0 saturated carbocycles. The molecule has 2 rings (SSSR count). The van der Waals surface area contributed by atoms with Crippen LogP contribution in [0.4, 0.5) is 0 Å². The molecule has 3 N–H and O–H groups in total. The highest BCUT2D eigenvalue weighted by Gasteiger charge is 2.12. The van der Waals surface area contributed by atoms with E-state index in [-0.39, 0.29) is 11.7 Å². The molecule has 0 bridgehead atoms. The highest BCUT2D eigenvalue weighted by atomic mass is 35.5. The van der Waals surface area contributed by atoms with Crippen LogP contribution in [0.1, 0.15) is 5.56 Å². The number of methoxy groups -OCH3 is 2.